The van der Waals surface area contributed by atoms with Gasteiger partial charge in [0.25, 0.3) is 0 Å². The molecule has 0 radical (unpaired) electrons. The minimum absolute atomic E-state index is 0.0952. The average Bonchev–Trinajstić information content (AvgIpc) is 2.69. The Labute approximate surface area is 104 Å². The second kappa shape index (κ2) is 4.80. The van der Waals surface area contributed by atoms with Crippen LogP contribution in [-0.2, 0) is 6.42 Å². The molecule has 0 N–H and O–H groups in total. The lowest BCUT2D eigenvalue weighted by Crippen LogP contribution is -2.03. The topological polar surface area (TPSA) is 17.1 Å². The van der Waals surface area contributed by atoms with Crippen LogP contribution in [0.3, 0.4) is 0 Å². The van der Waals surface area contributed by atoms with Crippen LogP contribution in [0.2, 0.25) is 0 Å². The minimum atomic E-state index is -0.259. The summed E-state index contributed by atoms with van der Waals surface area (Å²) in [6.07, 6.45) is 0.339. The molecule has 0 bridgehead atoms. The molecule has 1 aromatic carbocycles. The molecule has 0 saturated heterocycles. The number of hydrogen-bond donors (Lipinski definition) is 0. The second-order valence-corrected chi connectivity index (χ2v) is 5.37. The first-order valence-corrected chi connectivity index (χ1v) is 6.22. The van der Waals surface area contributed by atoms with Gasteiger partial charge >= 0.3 is 0 Å². The Hall–Kier alpha value is -1.48. The van der Waals surface area contributed by atoms with Gasteiger partial charge in [0.05, 0.1) is 4.88 Å². The van der Waals surface area contributed by atoms with E-state index in [1.807, 2.05) is 26.0 Å². The van der Waals surface area contributed by atoms with Gasteiger partial charge in [0, 0.05) is 11.3 Å². The molecule has 0 spiro atoms. The SMILES string of the molecule is Cc1ccc(C(=O)Cc2ccc(F)cc2C)s1. The maximum Gasteiger partial charge on any atom is 0.177 e. The molecule has 2 aromatic rings. The molecule has 88 valence electrons. The van der Waals surface area contributed by atoms with E-state index in [1.165, 1.54) is 23.5 Å². The maximum atomic E-state index is 12.9. The predicted octanol–water partition coefficient (Wildman–Crippen LogP) is 3.93. The van der Waals surface area contributed by atoms with Gasteiger partial charge < -0.3 is 0 Å². The predicted molar refractivity (Wildman–Crippen MR) is 68.2 cm³/mol. The number of benzene rings is 1. The van der Waals surface area contributed by atoms with E-state index in [2.05, 4.69) is 0 Å². The van der Waals surface area contributed by atoms with Gasteiger partial charge in [-0.05, 0) is 49.2 Å². The Kier molecular flexibility index (Phi) is 3.38. The van der Waals surface area contributed by atoms with E-state index >= 15 is 0 Å². The molecule has 0 atom stereocenters. The number of halogens is 1. The molecule has 0 unspecified atom stereocenters. The van der Waals surface area contributed by atoms with Crippen molar-refractivity contribution in [2.24, 2.45) is 0 Å². The van der Waals surface area contributed by atoms with Crippen molar-refractivity contribution in [2.45, 2.75) is 20.3 Å². The number of hydrogen-bond acceptors (Lipinski definition) is 2. The molecule has 1 heterocycles. The summed E-state index contributed by atoms with van der Waals surface area (Å²) in [6, 6.07) is 8.33. The lowest BCUT2D eigenvalue weighted by atomic mass is 10.0. The van der Waals surface area contributed by atoms with E-state index in [1.54, 1.807) is 6.07 Å². The van der Waals surface area contributed by atoms with Gasteiger partial charge in [-0.3, -0.25) is 4.79 Å². The van der Waals surface area contributed by atoms with Crippen LogP contribution in [0.5, 0.6) is 0 Å². The van der Waals surface area contributed by atoms with Crippen molar-refractivity contribution in [2.75, 3.05) is 0 Å². The summed E-state index contributed by atoms with van der Waals surface area (Å²) >= 11 is 1.50. The monoisotopic (exact) mass is 248 g/mol. The number of rotatable bonds is 3. The van der Waals surface area contributed by atoms with Gasteiger partial charge in [0.2, 0.25) is 0 Å². The molecule has 0 amide bonds. The molecule has 2 rings (SSSR count). The molecule has 0 aliphatic heterocycles. The zero-order valence-corrected chi connectivity index (χ0v) is 10.6. The van der Waals surface area contributed by atoms with E-state index in [9.17, 15) is 9.18 Å². The summed E-state index contributed by atoms with van der Waals surface area (Å²) in [5, 5.41) is 0. The lowest BCUT2D eigenvalue weighted by molar-refractivity contribution is 0.0996. The number of ketones is 1. The van der Waals surface area contributed by atoms with E-state index in [0.717, 1.165) is 20.9 Å². The smallest absolute Gasteiger partial charge is 0.177 e. The van der Waals surface area contributed by atoms with E-state index in [4.69, 9.17) is 0 Å². The number of carbonyl (C=O) groups is 1. The first-order chi connectivity index (χ1) is 8.06. The largest absolute Gasteiger partial charge is 0.293 e. The Balaban J connectivity index is 2.18. The van der Waals surface area contributed by atoms with Crippen LogP contribution >= 0.6 is 11.3 Å². The van der Waals surface area contributed by atoms with Gasteiger partial charge in [0.15, 0.2) is 5.78 Å². The first kappa shape index (κ1) is 12.0. The number of Topliss-reactive ketones (excluding diaryl/α,β-unsaturated/α-hetero) is 1. The van der Waals surface area contributed by atoms with E-state index in [-0.39, 0.29) is 11.6 Å². The second-order valence-electron chi connectivity index (χ2n) is 4.08. The highest BCUT2D eigenvalue weighted by Gasteiger charge is 2.10. The van der Waals surface area contributed by atoms with Gasteiger partial charge in [0.1, 0.15) is 5.82 Å². The summed E-state index contributed by atoms with van der Waals surface area (Å²) in [5.74, 6) is -0.163. The number of carbonyl (C=O) groups excluding carboxylic acids is 1. The summed E-state index contributed by atoms with van der Waals surface area (Å²) in [5.41, 5.74) is 1.72. The highest BCUT2D eigenvalue weighted by molar-refractivity contribution is 7.14. The summed E-state index contributed by atoms with van der Waals surface area (Å²) in [6.45, 7) is 3.80. The van der Waals surface area contributed by atoms with Crippen LogP contribution in [0.25, 0.3) is 0 Å². The minimum Gasteiger partial charge on any atom is -0.293 e. The highest BCUT2D eigenvalue weighted by atomic mass is 32.1. The molecule has 3 heteroatoms. The molecular weight excluding hydrogens is 235 g/mol. The summed E-state index contributed by atoms with van der Waals surface area (Å²) in [7, 11) is 0. The van der Waals surface area contributed by atoms with Gasteiger partial charge in [-0.25, -0.2) is 4.39 Å². The Morgan fingerprint density at radius 3 is 2.59 bits per heavy atom. The zero-order chi connectivity index (χ0) is 12.4. The van der Waals surface area contributed by atoms with Crippen molar-refractivity contribution in [3.63, 3.8) is 0 Å². The molecule has 0 aliphatic carbocycles. The number of thiophene rings is 1. The van der Waals surface area contributed by atoms with Gasteiger partial charge in [-0.15, -0.1) is 11.3 Å². The molecule has 0 saturated carbocycles. The maximum absolute atomic E-state index is 12.9. The van der Waals surface area contributed by atoms with Crippen molar-refractivity contribution in [3.05, 3.63) is 57.0 Å². The molecule has 0 fully saturated rings. The van der Waals surface area contributed by atoms with Crippen molar-refractivity contribution < 1.29 is 9.18 Å². The standard InChI is InChI=1S/C14H13FOS/c1-9-7-12(15)5-4-11(9)8-13(16)14-6-3-10(2)17-14/h3-7H,8H2,1-2H3. The van der Waals surface area contributed by atoms with Crippen LogP contribution < -0.4 is 0 Å². The van der Waals surface area contributed by atoms with Crippen molar-refractivity contribution in [1.82, 2.24) is 0 Å². The zero-order valence-electron chi connectivity index (χ0n) is 9.79. The third-order valence-electron chi connectivity index (χ3n) is 2.67. The van der Waals surface area contributed by atoms with E-state index < -0.39 is 0 Å². The normalized spacial score (nSPS) is 10.5. The first-order valence-electron chi connectivity index (χ1n) is 5.41. The summed E-state index contributed by atoms with van der Waals surface area (Å²) in [4.78, 5) is 13.9. The number of aryl methyl sites for hydroxylation is 2. The van der Waals surface area contributed by atoms with Crippen LogP contribution in [0.1, 0.15) is 25.7 Å². The van der Waals surface area contributed by atoms with Gasteiger partial charge in [-0.2, -0.15) is 0 Å². The lowest BCUT2D eigenvalue weighted by Gasteiger charge is -2.04. The Bertz CT molecular complexity index is 557. The fourth-order valence-corrected chi connectivity index (χ4v) is 2.51. The fraction of sp³-hybridized carbons (Fsp3) is 0.214. The average molecular weight is 248 g/mol. The molecule has 0 aliphatic rings. The van der Waals surface area contributed by atoms with Crippen molar-refractivity contribution >= 4 is 17.1 Å². The molecule has 1 aromatic heterocycles. The van der Waals surface area contributed by atoms with Crippen LogP contribution in [0.15, 0.2) is 30.3 Å². The highest BCUT2D eigenvalue weighted by Crippen LogP contribution is 2.19. The molecular formula is C14H13FOS. The van der Waals surface area contributed by atoms with E-state index in [0.29, 0.717) is 6.42 Å². The Morgan fingerprint density at radius 2 is 2.00 bits per heavy atom. The third-order valence-corrected chi connectivity index (χ3v) is 3.71. The van der Waals surface area contributed by atoms with Gasteiger partial charge in [-0.1, -0.05) is 6.07 Å². The molecule has 17 heavy (non-hydrogen) atoms. The van der Waals surface area contributed by atoms with Crippen LogP contribution in [0.4, 0.5) is 4.39 Å². The fourth-order valence-electron chi connectivity index (χ4n) is 1.70. The van der Waals surface area contributed by atoms with Crippen LogP contribution in [-0.4, -0.2) is 5.78 Å². The molecule has 1 nitrogen and oxygen atoms in total. The van der Waals surface area contributed by atoms with Crippen LogP contribution in [0, 0.1) is 19.7 Å². The Morgan fingerprint density at radius 1 is 1.24 bits per heavy atom. The van der Waals surface area contributed by atoms with Crippen molar-refractivity contribution in [3.8, 4) is 0 Å². The third kappa shape index (κ3) is 2.80. The summed E-state index contributed by atoms with van der Waals surface area (Å²) < 4.78 is 12.9. The quantitative estimate of drug-likeness (QED) is 0.752. The van der Waals surface area contributed by atoms with Crippen molar-refractivity contribution in [1.29, 1.82) is 0 Å².